The molecule has 0 fully saturated rings. The van der Waals surface area contributed by atoms with Gasteiger partial charge in [0.05, 0.1) is 0 Å². The maximum Gasteiger partial charge on any atom is 0.170 e. The van der Waals surface area contributed by atoms with Crippen LogP contribution >= 0.6 is 35.4 Å². The zero-order valence-electron chi connectivity index (χ0n) is 11.6. The lowest BCUT2D eigenvalue weighted by molar-refractivity contribution is 0.873. The lowest BCUT2D eigenvalue weighted by Crippen LogP contribution is -2.30. The van der Waals surface area contributed by atoms with Gasteiger partial charge in [-0.25, -0.2) is 0 Å². The minimum absolute atomic E-state index is 0.602. The molecule has 0 bridgehead atoms. The Kier molecular flexibility index (Phi) is 5.85. The van der Waals surface area contributed by atoms with E-state index < -0.39 is 0 Å². The fraction of sp³-hybridized carbons (Fsp3) is 0.188. The molecule has 0 saturated heterocycles. The van der Waals surface area contributed by atoms with Gasteiger partial charge >= 0.3 is 0 Å². The summed E-state index contributed by atoms with van der Waals surface area (Å²) in [6.07, 6.45) is 0.783. The van der Waals surface area contributed by atoms with Crippen molar-refractivity contribution in [3.8, 4) is 0 Å². The molecule has 0 amide bonds. The average Bonchev–Trinajstić information content (AvgIpc) is 2.41. The number of halogens is 2. The fourth-order valence-corrected chi connectivity index (χ4v) is 2.66. The Hall–Kier alpha value is -1.29. The Labute approximate surface area is 140 Å². The van der Waals surface area contributed by atoms with Gasteiger partial charge in [-0.1, -0.05) is 41.4 Å². The molecule has 2 N–H and O–H groups in total. The van der Waals surface area contributed by atoms with Crippen LogP contribution in [0.15, 0.2) is 42.5 Å². The second-order valence-corrected chi connectivity index (χ2v) is 5.99. The quantitative estimate of drug-likeness (QED) is 0.780. The van der Waals surface area contributed by atoms with Crippen LogP contribution in [0, 0.1) is 6.92 Å². The van der Waals surface area contributed by atoms with Crippen LogP contribution in [-0.2, 0) is 6.42 Å². The molecule has 2 nitrogen and oxygen atoms in total. The zero-order valence-corrected chi connectivity index (χ0v) is 13.9. The first-order chi connectivity index (χ1) is 10.0. The maximum absolute atomic E-state index is 6.13. The molecule has 0 saturated carbocycles. The van der Waals surface area contributed by atoms with E-state index in [4.69, 9.17) is 35.4 Å². The van der Waals surface area contributed by atoms with Crippen LogP contribution in [0.5, 0.6) is 0 Å². The highest BCUT2D eigenvalue weighted by Gasteiger charge is 2.02. The molecule has 0 atom stereocenters. The van der Waals surface area contributed by atoms with Crippen LogP contribution in [0.2, 0.25) is 10.0 Å². The SMILES string of the molecule is Cc1cccc(NC(=S)NCCc2ccc(Cl)cc2Cl)c1. The molecule has 5 heteroatoms. The highest BCUT2D eigenvalue weighted by Crippen LogP contribution is 2.21. The molecular formula is C16H16Cl2N2S. The van der Waals surface area contributed by atoms with E-state index in [9.17, 15) is 0 Å². The van der Waals surface area contributed by atoms with E-state index in [1.807, 2.05) is 43.3 Å². The summed E-state index contributed by atoms with van der Waals surface area (Å²) in [7, 11) is 0. The maximum atomic E-state index is 6.13. The van der Waals surface area contributed by atoms with Crippen molar-refractivity contribution in [2.24, 2.45) is 0 Å². The largest absolute Gasteiger partial charge is 0.362 e. The fourth-order valence-electron chi connectivity index (χ4n) is 1.93. The molecule has 0 aromatic heterocycles. The number of rotatable bonds is 4. The van der Waals surface area contributed by atoms with Gasteiger partial charge in [-0.3, -0.25) is 0 Å². The van der Waals surface area contributed by atoms with Crippen molar-refractivity contribution in [1.29, 1.82) is 0 Å². The average molecular weight is 339 g/mol. The highest BCUT2D eigenvalue weighted by atomic mass is 35.5. The molecule has 2 rings (SSSR count). The third-order valence-corrected chi connectivity index (χ3v) is 3.80. The summed E-state index contributed by atoms with van der Waals surface area (Å²) in [5.41, 5.74) is 3.22. The summed E-state index contributed by atoms with van der Waals surface area (Å²) in [5.74, 6) is 0. The minimum atomic E-state index is 0.602. The van der Waals surface area contributed by atoms with E-state index in [2.05, 4.69) is 10.6 Å². The molecule has 0 heterocycles. The van der Waals surface area contributed by atoms with Crippen LogP contribution in [0.25, 0.3) is 0 Å². The zero-order chi connectivity index (χ0) is 15.2. The number of aryl methyl sites for hydroxylation is 1. The Morgan fingerprint density at radius 2 is 1.95 bits per heavy atom. The highest BCUT2D eigenvalue weighted by molar-refractivity contribution is 7.80. The van der Waals surface area contributed by atoms with Crippen molar-refractivity contribution in [2.75, 3.05) is 11.9 Å². The molecule has 2 aromatic carbocycles. The normalized spacial score (nSPS) is 10.2. The Balaban J connectivity index is 1.81. The van der Waals surface area contributed by atoms with Crippen molar-refractivity contribution in [3.63, 3.8) is 0 Å². The molecule has 0 unspecified atom stereocenters. The molecule has 0 aliphatic carbocycles. The number of hydrogen-bond acceptors (Lipinski definition) is 1. The summed E-state index contributed by atoms with van der Waals surface area (Å²) in [6.45, 7) is 2.75. The molecule has 110 valence electrons. The van der Waals surface area contributed by atoms with Gasteiger partial charge < -0.3 is 10.6 Å². The van der Waals surface area contributed by atoms with Gasteiger partial charge in [0.25, 0.3) is 0 Å². The number of nitrogens with one attached hydrogen (secondary N) is 2. The smallest absolute Gasteiger partial charge is 0.170 e. The van der Waals surface area contributed by atoms with Gasteiger partial charge in [0.15, 0.2) is 5.11 Å². The van der Waals surface area contributed by atoms with Crippen molar-refractivity contribution < 1.29 is 0 Å². The number of hydrogen-bond donors (Lipinski definition) is 2. The van der Waals surface area contributed by atoms with Crippen molar-refractivity contribution in [2.45, 2.75) is 13.3 Å². The molecular weight excluding hydrogens is 323 g/mol. The van der Waals surface area contributed by atoms with Crippen molar-refractivity contribution in [3.05, 3.63) is 63.6 Å². The molecule has 0 aliphatic rings. The summed E-state index contributed by atoms with van der Waals surface area (Å²) in [6, 6.07) is 13.6. The number of thiocarbonyl (C=S) groups is 1. The first-order valence-electron chi connectivity index (χ1n) is 6.60. The van der Waals surface area contributed by atoms with Crippen LogP contribution in [-0.4, -0.2) is 11.7 Å². The monoisotopic (exact) mass is 338 g/mol. The van der Waals surface area contributed by atoms with Crippen LogP contribution in [0.4, 0.5) is 5.69 Å². The van der Waals surface area contributed by atoms with Crippen LogP contribution < -0.4 is 10.6 Å². The van der Waals surface area contributed by atoms with Gasteiger partial charge in [-0.05, 0) is 61.0 Å². The summed E-state index contributed by atoms with van der Waals surface area (Å²) in [4.78, 5) is 0. The van der Waals surface area contributed by atoms with Gasteiger partial charge in [0, 0.05) is 22.3 Å². The van der Waals surface area contributed by atoms with Crippen LogP contribution in [0.3, 0.4) is 0 Å². The molecule has 0 aliphatic heterocycles. The second-order valence-electron chi connectivity index (χ2n) is 4.74. The predicted molar refractivity (Wildman–Crippen MR) is 95.6 cm³/mol. The molecule has 0 radical (unpaired) electrons. The Morgan fingerprint density at radius 3 is 2.67 bits per heavy atom. The van der Waals surface area contributed by atoms with E-state index in [0.717, 1.165) is 17.7 Å². The third-order valence-electron chi connectivity index (χ3n) is 2.97. The van der Waals surface area contributed by atoms with E-state index in [1.165, 1.54) is 5.56 Å². The summed E-state index contributed by atoms with van der Waals surface area (Å²) < 4.78 is 0. The third kappa shape index (κ3) is 5.20. The summed E-state index contributed by atoms with van der Waals surface area (Å²) in [5, 5.41) is 8.26. The predicted octanol–water partition coefficient (Wildman–Crippen LogP) is 4.83. The van der Waals surface area contributed by atoms with Gasteiger partial charge in [-0.15, -0.1) is 0 Å². The standard InChI is InChI=1S/C16H16Cl2N2S/c1-11-3-2-4-14(9-11)20-16(21)19-8-7-12-5-6-13(17)10-15(12)18/h2-6,9-10H,7-8H2,1H3,(H2,19,20,21). The van der Waals surface area contributed by atoms with E-state index in [0.29, 0.717) is 21.7 Å². The van der Waals surface area contributed by atoms with E-state index >= 15 is 0 Å². The summed E-state index contributed by atoms with van der Waals surface area (Å²) >= 11 is 17.3. The van der Waals surface area contributed by atoms with E-state index in [-0.39, 0.29) is 0 Å². The van der Waals surface area contributed by atoms with Crippen molar-refractivity contribution in [1.82, 2.24) is 5.32 Å². The van der Waals surface area contributed by atoms with Gasteiger partial charge in [0.1, 0.15) is 0 Å². The van der Waals surface area contributed by atoms with Gasteiger partial charge in [0.2, 0.25) is 0 Å². The lowest BCUT2D eigenvalue weighted by Gasteiger charge is -2.11. The first kappa shape index (κ1) is 16.1. The minimum Gasteiger partial charge on any atom is -0.362 e. The number of anilines is 1. The molecule has 0 spiro atoms. The molecule has 21 heavy (non-hydrogen) atoms. The van der Waals surface area contributed by atoms with E-state index in [1.54, 1.807) is 6.07 Å². The Morgan fingerprint density at radius 1 is 1.14 bits per heavy atom. The lowest BCUT2D eigenvalue weighted by atomic mass is 10.1. The first-order valence-corrected chi connectivity index (χ1v) is 7.76. The molecule has 2 aromatic rings. The topological polar surface area (TPSA) is 24.1 Å². The van der Waals surface area contributed by atoms with Gasteiger partial charge in [-0.2, -0.15) is 0 Å². The Bertz CT molecular complexity index is 644. The van der Waals surface area contributed by atoms with Crippen molar-refractivity contribution >= 4 is 46.2 Å². The second kappa shape index (κ2) is 7.64. The van der Waals surface area contributed by atoms with Crippen LogP contribution in [0.1, 0.15) is 11.1 Å². The number of benzene rings is 2.